The van der Waals surface area contributed by atoms with Crippen LogP contribution >= 0.6 is 0 Å². The maximum absolute atomic E-state index is 13.1. The van der Waals surface area contributed by atoms with Crippen molar-refractivity contribution in [2.24, 2.45) is 11.8 Å². The lowest BCUT2D eigenvalue weighted by molar-refractivity contribution is -0.139. The van der Waals surface area contributed by atoms with E-state index in [0.29, 0.717) is 11.9 Å². The first-order valence-corrected chi connectivity index (χ1v) is 11.9. The molecule has 0 aliphatic carbocycles. The normalized spacial score (nSPS) is 25.2. The highest BCUT2D eigenvalue weighted by Crippen LogP contribution is 2.27. The van der Waals surface area contributed by atoms with Gasteiger partial charge < -0.3 is 9.80 Å². The van der Waals surface area contributed by atoms with Crippen molar-refractivity contribution < 1.29 is 4.79 Å². The molecule has 0 spiro atoms. The Morgan fingerprint density at radius 2 is 1.70 bits per heavy atom. The molecule has 0 aromatic heterocycles. The molecule has 3 saturated heterocycles. The van der Waals surface area contributed by atoms with Crippen molar-refractivity contribution in [3.05, 3.63) is 35.9 Å². The highest BCUT2D eigenvalue weighted by Gasteiger charge is 2.34. The Bertz CT molecular complexity index is 714. The van der Waals surface area contributed by atoms with Gasteiger partial charge in [-0.05, 0) is 70.1 Å². The summed E-state index contributed by atoms with van der Waals surface area (Å²) in [6, 6.07) is 13.8. The molecule has 162 valence electrons. The van der Waals surface area contributed by atoms with Gasteiger partial charge in [-0.3, -0.25) is 9.69 Å². The highest BCUT2D eigenvalue weighted by atomic mass is 16.2. The summed E-state index contributed by atoms with van der Waals surface area (Å²) in [5.41, 5.74) is 1.43. The van der Waals surface area contributed by atoms with Crippen molar-refractivity contribution in [2.45, 2.75) is 51.0 Å². The van der Waals surface area contributed by atoms with Gasteiger partial charge in [0.25, 0.3) is 0 Å². The van der Waals surface area contributed by atoms with Crippen LogP contribution in [0.1, 0.15) is 44.1 Å². The molecular weight excluding hydrogens is 372 g/mol. The van der Waals surface area contributed by atoms with Gasteiger partial charge in [0.15, 0.2) is 0 Å². The molecule has 4 rings (SSSR count). The number of carbonyl (C=O) groups excluding carboxylic acids is 1. The van der Waals surface area contributed by atoms with Gasteiger partial charge in [0.1, 0.15) is 0 Å². The Balaban J connectivity index is 1.21. The topological polar surface area (TPSA) is 50.6 Å². The number of carbonyl (C=O) groups is 1. The van der Waals surface area contributed by atoms with Gasteiger partial charge >= 0.3 is 0 Å². The second-order valence-corrected chi connectivity index (χ2v) is 9.37. The Kier molecular flexibility index (Phi) is 7.41. The van der Waals surface area contributed by atoms with Crippen molar-refractivity contribution in [2.75, 3.05) is 45.8 Å². The summed E-state index contributed by atoms with van der Waals surface area (Å²) in [6.07, 6.45) is 7.45. The zero-order chi connectivity index (χ0) is 20.8. The van der Waals surface area contributed by atoms with Crippen LogP contribution in [0.2, 0.25) is 0 Å². The molecule has 0 bridgehead atoms. The fourth-order valence-corrected chi connectivity index (χ4v) is 5.47. The van der Waals surface area contributed by atoms with Gasteiger partial charge in [-0.2, -0.15) is 5.26 Å². The summed E-state index contributed by atoms with van der Waals surface area (Å²) in [6.45, 7) is 7.13. The maximum atomic E-state index is 13.1. The van der Waals surface area contributed by atoms with E-state index in [0.717, 1.165) is 64.8 Å². The third kappa shape index (κ3) is 5.42. The summed E-state index contributed by atoms with van der Waals surface area (Å²) >= 11 is 0. The van der Waals surface area contributed by atoms with Gasteiger partial charge in [-0.1, -0.05) is 30.3 Å². The molecule has 0 N–H and O–H groups in total. The van der Waals surface area contributed by atoms with Crippen LogP contribution in [0.4, 0.5) is 0 Å². The Morgan fingerprint density at radius 3 is 2.40 bits per heavy atom. The minimum atomic E-state index is 0.143. The van der Waals surface area contributed by atoms with E-state index in [1.807, 2.05) is 4.90 Å². The minimum Gasteiger partial charge on any atom is -0.342 e. The molecule has 5 heteroatoms. The molecule has 0 saturated carbocycles. The van der Waals surface area contributed by atoms with Crippen LogP contribution in [0.5, 0.6) is 0 Å². The molecule has 1 unspecified atom stereocenters. The monoisotopic (exact) mass is 408 g/mol. The van der Waals surface area contributed by atoms with Crippen LogP contribution in [0.3, 0.4) is 0 Å². The first kappa shape index (κ1) is 21.3. The van der Waals surface area contributed by atoms with E-state index in [2.05, 4.69) is 46.2 Å². The number of hydrogen-bond donors (Lipinski definition) is 0. The van der Waals surface area contributed by atoms with Crippen LogP contribution in [0.25, 0.3) is 0 Å². The maximum Gasteiger partial charge on any atom is 0.226 e. The van der Waals surface area contributed by atoms with Gasteiger partial charge in [0, 0.05) is 38.1 Å². The quantitative estimate of drug-likeness (QED) is 0.751. The molecule has 1 atom stereocenters. The van der Waals surface area contributed by atoms with Crippen LogP contribution in [-0.4, -0.2) is 72.5 Å². The van der Waals surface area contributed by atoms with Crippen molar-refractivity contribution >= 4 is 5.91 Å². The Morgan fingerprint density at radius 1 is 0.967 bits per heavy atom. The third-order valence-electron chi connectivity index (χ3n) is 7.42. The van der Waals surface area contributed by atoms with Gasteiger partial charge in [0.2, 0.25) is 5.91 Å². The molecule has 0 radical (unpaired) electrons. The first-order chi connectivity index (χ1) is 14.7. The fraction of sp³-hybridized carbons (Fsp3) is 0.680. The number of rotatable bonds is 5. The molecular formula is C25H36N4O. The van der Waals surface area contributed by atoms with E-state index in [1.165, 1.54) is 31.5 Å². The van der Waals surface area contributed by atoms with Crippen molar-refractivity contribution in [1.29, 1.82) is 5.26 Å². The summed E-state index contributed by atoms with van der Waals surface area (Å²) in [5.74, 6) is 0.647. The van der Waals surface area contributed by atoms with Gasteiger partial charge in [-0.25, -0.2) is 0 Å². The molecule has 30 heavy (non-hydrogen) atoms. The second-order valence-electron chi connectivity index (χ2n) is 9.37. The minimum absolute atomic E-state index is 0.143. The predicted molar refractivity (Wildman–Crippen MR) is 119 cm³/mol. The summed E-state index contributed by atoms with van der Waals surface area (Å²) in [4.78, 5) is 20.3. The van der Waals surface area contributed by atoms with Crippen molar-refractivity contribution in [3.63, 3.8) is 0 Å². The molecule has 3 aliphatic rings. The number of likely N-dealkylation sites (tertiary alicyclic amines) is 3. The number of hydrogen-bond acceptors (Lipinski definition) is 4. The van der Waals surface area contributed by atoms with E-state index in [9.17, 15) is 4.79 Å². The summed E-state index contributed by atoms with van der Waals surface area (Å²) in [5, 5.41) is 9.09. The smallest absolute Gasteiger partial charge is 0.226 e. The van der Waals surface area contributed by atoms with Crippen molar-refractivity contribution in [1.82, 2.24) is 14.7 Å². The standard InChI is InChI=1S/C25H36N4O/c26-19-22-9-17-28(18-10-22)25(30)23-7-4-13-29(20-23)24-11-15-27(16-12-24)14-8-21-5-2-1-3-6-21/h1-3,5-6,22-24H,4,7-18,20H2. The first-order valence-electron chi connectivity index (χ1n) is 11.9. The number of benzene rings is 1. The largest absolute Gasteiger partial charge is 0.342 e. The summed E-state index contributed by atoms with van der Waals surface area (Å²) < 4.78 is 0. The lowest BCUT2D eigenvalue weighted by atomic mass is 9.91. The second kappa shape index (κ2) is 10.4. The van der Waals surface area contributed by atoms with Crippen molar-refractivity contribution in [3.8, 4) is 6.07 Å². The number of amides is 1. The fourth-order valence-electron chi connectivity index (χ4n) is 5.47. The summed E-state index contributed by atoms with van der Waals surface area (Å²) in [7, 11) is 0. The average Bonchev–Trinajstić information content (AvgIpc) is 2.83. The van der Waals surface area contributed by atoms with Gasteiger partial charge in [0.05, 0.1) is 12.0 Å². The molecule has 5 nitrogen and oxygen atoms in total. The molecule has 3 fully saturated rings. The zero-order valence-electron chi connectivity index (χ0n) is 18.2. The molecule has 1 amide bonds. The van der Waals surface area contributed by atoms with Crippen LogP contribution in [0.15, 0.2) is 30.3 Å². The van der Waals surface area contributed by atoms with E-state index >= 15 is 0 Å². The van der Waals surface area contributed by atoms with Crippen LogP contribution in [-0.2, 0) is 11.2 Å². The zero-order valence-corrected chi connectivity index (χ0v) is 18.2. The molecule has 1 aromatic rings. The molecule has 1 aromatic carbocycles. The lowest BCUT2D eigenvalue weighted by Crippen LogP contribution is -2.52. The van der Waals surface area contributed by atoms with E-state index < -0.39 is 0 Å². The third-order valence-corrected chi connectivity index (χ3v) is 7.42. The van der Waals surface area contributed by atoms with Gasteiger partial charge in [-0.15, -0.1) is 0 Å². The van der Waals surface area contributed by atoms with Crippen LogP contribution < -0.4 is 0 Å². The highest BCUT2D eigenvalue weighted by molar-refractivity contribution is 5.79. The Hall–Kier alpha value is -1.90. The molecule has 3 heterocycles. The Labute approximate surface area is 181 Å². The van der Waals surface area contributed by atoms with E-state index in [4.69, 9.17) is 5.26 Å². The number of nitrogens with zero attached hydrogens (tertiary/aromatic N) is 4. The number of piperidine rings is 3. The number of nitriles is 1. The molecule has 3 aliphatic heterocycles. The van der Waals surface area contributed by atoms with E-state index in [-0.39, 0.29) is 11.8 Å². The van der Waals surface area contributed by atoms with E-state index in [1.54, 1.807) is 0 Å². The average molecular weight is 409 g/mol. The lowest BCUT2D eigenvalue weighted by Gasteiger charge is -2.43. The SMILES string of the molecule is N#CC1CCN(C(=O)C2CCCN(C3CCN(CCc4ccccc4)CC3)C2)CC1. The van der Waals surface area contributed by atoms with Crippen LogP contribution in [0, 0.1) is 23.2 Å². The predicted octanol–water partition coefficient (Wildman–Crippen LogP) is 3.17.